The average molecular weight is 242 g/mol. The van der Waals surface area contributed by atoms with Crippen molar-refractivity contribution in [3.05, 3.63) is 0 Å². The number of hydrazine groups is 1. The Morgan fingerprint density at radius 1 is 1.41 bits per heavy atom. The third-order valence-electron chi connectivity index (χ3n) is 3.89. The summed E-state index contributed by atoms with van der Waals surface area (Å²) in [5, 5.41) is 0. The van der Waals surface area contributed by atoms with Crippen molar-refractivity contribution in [3.8, 4) is 0 Å². The number of ether oxygens (including phenoxy) is 1. The molecule has 0 heterocycles. The molecule has 1 saturated carbocycles. The molecule has 1 amide bonds. The van der Waals surface area contributed by atoms with Crippen LogP contribution < -0.4 is 11.3 Å². The van der Waals surface area contributed by atoms with Gasteiger partial charge in [0.2, 0.25) is 0 Å². The largest absolute Gasteiger partial charge is 0.365 e. The zero-order valence-corrected chi connectivity index (χ0v) is 11.2. The predicted octanol–water partition coefficient (Wildman–Crippen LogP) is 1.99. The summed E-state index contributed by atoms with van der Waals surface area (Å²) in [5.41, 5.74) is 2.20. The molecule has 17 heavy (non-hydrogen) atoms. The highest BCUT2D eigenvalue weighted by atomic mass is 16.5. The molecule has 1 aliphatic rings. The summed E-state index contributed by atoms with van der Waals surface area (Å²) in [4.78, 5) is 11.6. The van der Waals surface area contributed by atoms with Crippen LogP contribution in [0.3, 0.4) is 0 Å². The van der Waals surface area contributed by atoms with E-state index in [0.717, 1.165) is 31.6 Å². The Labute approximate surface area is 104 Å². The summed E-state index contributed by atoms with van der Waals surface area (Å²) in [6.45, 7) is 6.60. The second-order valence-corrected chi connectivity index (χ2v) is 5.31. The molecule has 4 heteroatoms. The molecule has 0 aromatic rings. The van der Waals surface area contributed by atoms with E-state index in [9.17, 15) is 4.79 Å². The molecule has 1 fully saturated rings. The molecule has 0 aromatic heterocycles. The van der Waals surface area contributed by atoms with Crippen LogP contribution in [0.2, 0.25) is 0 Å². The maximum absolute atomic E-state index is 11.6. The quantitative estimate of drug-likeness (QED) is 0.440. The summed E-state index contributed by atoms with van der Waals surface area (Å²) >= 11 is 0. The molecule has 0 spiro atoms. The second-order valence-electron chi connectivity index (χ2n) is 5.31. The van der Waals surface area contributed by atoms with E-state index in [1.165, 1.54) is 6.42 Å². The van der Waals surface area contributed by atoms with Gasteiger partial charge >= 0.3 is 0 Å². The van der Waals surface area contributed by atoms with Crippen LogP contribution in [-0.2, 0) is 9.53 Å². The van der Waals surface area contributed by atoms with Gasteiger partial charge in [0.25, 0.3) is 5.91 Å². The first-order valence-electron chi connectivity index (χ1n) is 6.74. The zero-order chi connectivity index (χ0) is 12.8. The lowest BCUT2D eigenvalue weighted by Gasteiger charge is -2.33. The van der Waals surface area contributed by atoms with Gasteiger partial charge in [-0.25, -0.2) is 5.84 Å². The Bertz CT molecular complexity index is 246. The summed E-state index contributed by atoms with van der Waals surface area (Å²) in [5.74, 6) is 6.43. The fraction of sp³-hybridized carbons (Fsp3) is 0.923. The summed E-state index contributed by atoms with van der Waals surface area (Å²) in [7, 11) is 0. The van der Waals surface area contributed by atoms with E-state index in [4.69, 9.17) is 10.6 Å². The third-order valence-corrected chi connectivity index (χ3v) is 3.89. The summed E-state index contributed by atoms with van der Waals surface area (Å²) in [6, 6.07) is 0. The molecule has 0 aromatic carbocycles. The fourth-order valence-corrected chi connectivity index (χ4v) is 2.47. The SMILES string of the molecule is CCCC(OC1CCC(C)C(C)C1)C(=O)NN. The van der Waals surface area contributed by atoms with Gasteiger partial charge in [-0.1, -0.05) is 27.2 Å². The molecule has 0 aliphatic heterocycles. The lowest BCUT2D eigenvalue weighted by atomic mass is 9.80. The minimum Gasteiger partial charge on any atom is -0.365 e. The summed E-state index contributed by atoms with van der Waals surface area (Å²) in [6.07, 6.45) is 4.81. The molecule has 1 aliphatic carbocycles. The van der Waals surface area contributed by atoms with Gasteiger partial charge in [-0.15, -0.1) is 0 Å². The normalized spacial score (nSPS) is 30.9. The van der Waals surface area contributed by atoms with Gasteiger partial charge in [-0.05, 0) is 37.5 Å². The lowest BCUT2D eigenvalue weighted by Crippen LogP contribution is -2.43. The van der Waals surface area contributed by atoms with Gasteiger partial charge in [-0.3, -0.25) is 10.2 Å². The van der Waals surface area contributed by atoms with Crippen molar-refractivity contribution < 1.29 is 9.53 Å². The van der Waals surface area contributed by atoms with Crippen LogP contribution in [0.1, 0.15) is 52.9 Å². The predicted molar refractivity (Wildman–Crippen MR) is 68.1 cm³/mol. The molecule has 0 radical (unpaired) electrons. The highest BCUT2D eigenvalue weighted by Crippen LogP contribution is 2.31. The number of nitrogens with one attached hydrogen (secondary N) is 1. The van der Waals surface area contributed by atoms with Crippen molar-refractivity contribution in [2.45, 2.75) is 65.1 Å². The van der Waals surface area contributed by atoms with Crippen LogP contribution in [0.4, 0.5) is 0 Å². The van der Waals surface area contributed by atoms with Crippen LogP contribution in [0.15, 0.2) is 0 Å². The van der Waals surface area contributed by atoms with E-state index in [1.807, 2.05) is 6.92 Å². The molecular weight excluding hydrogens is 216 g/mol. The van der Waals surface area contributed by atoms with Crippen molar-refractivity contribution >= 4 is 5.91 Å². The van der Waals surface area contributed by atoms with Crippen LogP contribution >= 0.6 is 0 Å². The molecule has 4 nitrogen and oxygen atoms in total. The van der Waals surface area contributed by atoms with Crippen LogP contribution in [0.5, 0.6) is 0 Å². The molecule has 4 atom stereocenters. The number of rotatable bonds is 5. The monoisotopic (exact) mass is 242 g/mol. The standard InChI is InChI=1S/C13H26N2O2/c1-4-5-12(13(16)15-14)17-11-7-6-9(2)10(3)8-11/h9-12H,4-8,14H2,1-3H3,(H,15,16). The third kappa shape index (κ3) is 4.28. The second kappa shape index (κ2) is 6.97. The molecule has 3 N–H and O–H groups in total. The Morgan fingerprint density at radius 2 is 2.12 bits per heavy atom. The van der Waals surface area contributed by atoms with Gasteiger partial charge in [0, 0.05) is 0 Å². The molecular formula is C13H26N2O2. The van der Waals surface area contributed by atoms with Crippen LogP contribution in [-0.4, -0.2) is 18.1 Å². The Kier molecular flexibility index (Phi) is 5.92. The van der Waals surface area contributed by atoms with Gasteiger partial charge in [0.1, 0.15) is 6.10 Å². The maximum atomic E-state index is 11.6. The number of nitrogens with two attached hydrogens (primary N) is 1. The molecule has 1 rings (SSSR count). The van der Waals surface area contributed by atoms with E-state index in [1.54, 1.807) is 0 Å². The Balaban J connectivity index is 2.47. The molecule has 0 bridgehead atoms. The molecule has 0 saturated heterocycles. The highest BCUT2D eigenvalue weighted by molar-refractivity contribution is 5.80. The molecule has 100 valence electrons. The minimum atomic E-state index is -0.379. The van der Waals surface area contributed by atoms with Crippen LogP contribution in [0.25, 0.3) is 0 Å². The van der Waals surface area contributed by atoms with E-state index >= 15 is 0 Å². The van der Waals surface area contributed by atoms with Gasteiger partial charge in [-0.2, -0.15) is 0 Å². The van der Waals surface area contributed by atoms with Crippen molar-refractivity contribution in [2.75, 3.05) is 0 Å². The zero-order valence-electron chi connectivity index (χ0n) is 11.2. The topological polar surface area (TPSA) is 64.3 Å². The molecule has 4 unspecified atom stereocenters. The van der Waals surface area contributed by atoms with Crippen molar-refractivity contribution in [1.82, 2.24) is 5.43 Å². The first-order chi connectivity index (χ1) is 8.08. The average Bonchev–Trinajstić information content (AvgIpc) is 2.32. The smallest absolute Gasteiger partial charge is 0.262 e. The van der Waals surface area contributed by atoms with E-state index in [0.29, 0.717) is 5.92 Å². The number of carbonyl (C=O) groups is 1. The Morgan fingerprint density at radius 3 is 2.65 bits per heavy atom. The lowest BCUT2D eigenvalue weighted by molar-refractivity contribution is -0.140. The van der Waals surface area contributed by atoms with E-state index < -0.39 is 0 Å². The van der Waals surface area contributed by atoms with Gasteiger partial charge < -0.3 is 4.74 Å². The fourth-order valence-electron chi connectivity index (χ4n) is 2.47. The number of hydrogen-bond acceptors (Lipinski definition) is 3. The van der Waals surface area contributed by atoms with E-state index in [-0.39, 0.29) is 18.1 Å². The summed E-state index contributed by atoms with van der Waals surface area (Å²) < 4.78 is 5.91. The Hall–Kier alpha value is -0.610. The first kappa shape index (κ1) is 14.5. The van der Waals surface area contributed by atoms with Crippen molar-refractivity contribution in [1.29, 1.82) is 0 Å². The number of hydrogen-bond donors (Lipinski definition) is 2. The van der Waals surface area contributed by atoms with Crippen molar-refractivity contribution in [3.63, 3.8) is 0 Å². The maximum Gasteiger partial charge on any atom is 0.262 e. The van der Waals surface area contributed by atoms with Gasteiger partial charge in [0.05, 0.1) is 6.10 Å². The van der Waals surface area contributed by atoms with Crippen LogP contribution in [0, 0.1) is 11.8 Å². The highest BCUT2D eigenvalue weighted by Gasteiger charge is 2.28. The first-order valence-corrected chi connectivity index (χ1v) is 6.74. The number of carbonyl (C=O) groups excluding carboxylic acids is 1. The van der Waals surface area contributed by atoms with Crippen molar-refractivity contribution in [2.24, 2.45) is 17.7 Å². The van der Waals surface area contributed by atoms with Gasteiger partial charge in [0.15, 0.2) is 0 Å². The number of amides is 1. The minimum absolute atomic E-state index is 0.196. The van der Waals surface area contributed by atoms with E-state index in [2.05, 4.69) is 19.3 Å².